The summed E-state index contributed by atoms with van der Waals surface area (Å²) in [5.74, 6) is -2.35. The first-order valence-corrected chi connectivity index (χ1v) is 3.75. The van der Waals surface area contributed by atoms with Crippen molar-refractivity contribution in [2.24, 2.45) is 5.41 Å². The number of alkyl halides is 2. The Hall–Kier alpha value is -0.180. The molecular weight excluding hydrogens is 136 g/mol. The van der Waals surface area contributed by atoms with Crippen LogP contribution in [0.25, 0.3) is 0 Å². The van der Waals surface area contributed by atoms with Gasteiger partial charge in [0.25, 0.3) is 5.92 Å². The van der Waals surface area contributed by atoms with Gasteiger partial charge in [0.1, 0.15) is 0 Å². The van der Waals surface area contributed by atoms with Crippen LogP contribution in [0.1, 0.15) is 19.3 Å². The maximum Gasteiger partial charge on any atom is 0.255 e. The first-order chi connectivity index (χ1) is 4.66. The van der Waals surface area contributed by atoms with E-state index in [1.807, 2.05) is 0 Å². The van der Waals surface area contributed by atoms with Gasteiger partial charge in [0.15, 0.2) is 0 Å². The lowest BCUT2D eigenvalue weighted by atomic mass is 9.96. The molecule has 0 aromatic heterocycles. The van der Waals surface area contributed by atoms with Gasteiger partial charge in [-0.2, -0.15) is 0 Å². The fourth-order valence-electron chi connectivity index (χ4n) is 1.81. The van der Waals surface area contributed by atoms with Gasteiger partial charge in [-0.05, 0) is 19.4 Å². The second kappa shape index (κ2) is 1.70. The van der Waals surface area contributed by atoms with Crippen LogP contribution in [0.3, 0.4) is 0 Å². The fraction of sp³-hybridized carbons (Fsp3) is 1.00. The topological polar surface area (TPSA) is 12.0 Å². The lowest BCUT2D eigenvalue weighted by Gasteiger charge is -2.22. The SMILES string of the molecule is FC1(F)C[C@]12CCCNC2. The fourth-order valence-corrected chi connectivity index (χ4v) is 1.81. The maximum absolute atomic E-state index is 12.6. The predicted octanol–water partition coefficient (Wildman–Crippen LogP) is 1.40. The summed E-state index contributed by atoms with van der Waals surface area (Å²) < 4.78 is 25.3. The Morgan fingerprint density at radius 3 is 2.30 bits per heavy atom. The Morgan fingerprint density at radius 1 is 1.30 bits per heavy atom. The van der Waals surface area contributed by atoms with Crippen molar-refractivity contribution in [2.75, 3.05) is 13.1 Å². The van der Waals surface area contributed by atoms with E-state index in [0.29, 0.717) is 13.0 Å². The largest absolute Gasteiger partial charge is 0.316 e. The van der Waals surface area contributed by atoms with Crippen LogP contribution in [-0.4, -0.2) is 19.0 Å². The number of rotatable bonds is 0. The Kier molecular flexibility index (Phi) is 1.11. The van der Waals surface area contributed by atoms with E-state index >= 15 is 0 Å². The molecule has 1 spiro atoms. The number of hydrogen-bond acceptors (Lipinski definition) is 1. The molecule has 10 heavy (non-hydrogen) atoms. The molecule has 2 aliphatic rings. The van der Waals surface area contributed by atoms with E-state index < -0.39 is 11.3 Å². The van der Waals surface area contributed by atoms with Crippen molar-refractivity contribution in [3.63, 3.8) is 0 Å². The zero-order valence-corrected chi connectivity index (χ0v) is 5.79. The zero-order valence-electron chi connectivity index (χ0n) is 5.79. The summed E-state index contributed by atoms with van der Waals surface area (Å²) in [6.07, 6.45) is 1.75. The van der Waals surface area contributed by atoms with E-state index in [-0.39, 0.29) is 6.42 Å². The third-order valence-corrected chi connectivity index (χ3v) is 2.68. The molecule has 0 aromatic carbocycles. The first-order valence-electron chi connectivity index (χ1n) is 3.75. The van der Waals surface area contributed by atoms with Crippen molar-refractivity contribution in [3.8, 4) is 0 Å². The molecule has 0 unspecified atom stereocenters. The monoisotopic (exact) mass is 147 g/mol. The highest BCUT2D eigenvalue weighted by atomic mass is 19.3. The van der Waals surface area contributed by atoms with Crippen molar-refractivity contribution in [1.82, 2.24) is 5.32 Å². The van der Waals surface area contributed by atoms with Gasteiger partial charge >= 0.3 is 0 Å². The van der Waals surface area contributed by atoms with E-state index in [1.54, 1.807) is 0 Å². The molecule has 1 N–H and O–H groups in total. The van der Waals surface area contributed by atoms with Gasteiger partial charge in [-0.15, -0.1) is 0 Å². The molecule has 1 heterocycles. The average molecular weight is 147 g/mol. The van der Waals surface area contributed by atoms with Gasteiger partial charge in [-0.1, -0.05) is 0 Å². The van der Waals surface area contributed by atoms with Crippen molar-refractivity contribution in [2.45, 2.75) is 25.2 Å². The van der Waals surface area contributed by atoms with Gasteiger partial charge in [0, 0.05) is 13.0 Å². The summed E-state index contributed by atoms with van der Waals surface area (Å²) in [6.45, 7) is 1.44. The van der Waals surface area contributed by atoms with E-state index in [0.717, 1.165) is 13.0 Å². The highest BCUT2D eigenvalue weighted by Gasteiger charge is 2.70. The summed E-state index contributed by atoms with van der Waals surface area (Å²) in [6, 6.07) is 0. The van der Waals surface area contributed by atoms with Crippen LogP contribution < -0.4 is 5.32 Å². The summed E-state index contributed by atoms with van der Waals surface area (Å²) in [7, 11) is 0. The number of nitrogens with one attached hydrogen (secondary N) is 1. The molecule has 0 aromatic rings. The van der Waals surface area contributed by atoms with Crippen LogP contribution in [0.5, 0.6) is 0 Å². The molecule has 2 fully saturated rings. The zero-order chi connectivity index (χ0) is 7.24. The van der Waals surface area contributed by atoms with E-state index in [9.17, 15) is 8.78 Å². The normalized spacial score (nSPS) is 43.8. The van der Waals surface area contributed by atoms with Crippen LogP contribution in [0.2, 0.25) is 0 Å². The maximum atomic E-state index is 12.6. The molecule has 58 valence electrons. The van der Waals surface area contributed by atoms with Gasteiger partial charge < -0.3 is 5.32 Å². The quantitative estimate of drug-likeness (QED) is 0.546. The standard InChI is InChI=1S/C7H11F2N/c8-7(9)4-6(7)2-1-3-10-5-6/h10H,1-5H2/t6-/m0/s1. The summed E-state index contributed by atoms with van der Waals surface area (Å²) in [4.78, 5) is 0. The molecule has 0 bridgehead atoms. The molecule has 0 amide bonds. The highest BCUT2D eigenvalue weighted by Crippen LogP contribution is 2.63. The van der Waals surface area contributed by atoms with Gasteiger partial charge in [-0.25, -0.2) is 8.78 Å². The Morgan fingerprint density at radius 2 is 2.00 bits per heavy atom. The van der Waals surface area contributed by atoms with Crippen LogP contribution in [0, 0.1) is 5.41 Å². The van der Waals surface area contributed by atoms with Crippen molar-refractivity contribution < 1.29 is 8.78 Å². The number of halogens is 2. The summed E-state index contributed by atoms with van der Waals surface area (Å²) in [5.41, 5.74) is -0.620. The third-order valence-electron chi connectivity index (χ3n) is 2.68. The summed E-state index contributed by atoms with van der Waals surface area (Å²) >= 11 is 0. The van der Waals surface area contributed by atoms with Crippen LogP contribution >= 0.6 is 0 Å². The number of piperidine rings is 1. The van der Waals surface area contributed by atoms with E-state index in [2.05, 4.69) is 5.32 Å². The molecule has 1 saturated carbocycles. The van der Waals surface area contributed by atoms with Crippen molar-refractivity contribution >= 4 is 0 Å². The molecule has 1 aliphatic heterocycles. The molecule has 1 atom stereocenters. The molecule has 1 saturated heterocycles. The van der Waals surface area contributed by atoms with Crippen LogP contribution in [0.4, 0.5) is 8.78 Å². The number of hydrogen-bond donors (Lipinski definition) is 1. The van der Waals surface area contributed by atoms with Gasteiger partial charge in [0.05, 0.1) is 5.41 Å². The van der Waals surface area contributed by atoms with E-state index in [1.165, 1.54) is 0 Å². The van der Waals surface area contributed by atoms with Crippen molar-refractivity contribution in [3.05, 3.63) is 0 Å². The minimum Gasteiger partial charge on any atom is -0.316 e. The lowest BCUT2D eigenvalue weighted by Crippen LogP contribution is -2.34. The summed E-state index contributed by atoms with van der Waals surface area (Å²) in [5, 5.41) is 3.01. The third kappa shape index (κ3) is 0.698. The molecule has 1 aliphatic carbocycles. The lowest BCUT2D eigenvalue weighted by molar-refractivity contribution is 0.0536. The van der Waals surface area contributed by atoms with Gasteiger partial charge in [0.2, 0.25) is 0 Å². The average Bonchev–Trinajstić information content (AvgIpc) is 2.36. The molecule has 3 heteroatoms. The first kappa shape index (κ1) is 6.53. The Labute approximate surface area is 58.8 Å². The van der Waals surface area contributed by atoms with E-state index in [4.69, 9.17) is 0 Å². The van der Waals surface area contributed by atoms with Crippen LogP contribution in [-0.2, 0) is 0 Å². The Bertz CT molecular complexity index is 150. The molecule has 0 radical (unpaired) electrons. The molecule has 1 nitrogen and oxygen atoms in total. The minimum atomic E-state index is -2.35. The second-order valence-electron chi connectivity index (χ2n) is 3.44. The smallest absolute Gasteiger partial charge is 0.255 e. The van der Waals surface area contributed by atoms with Gasteiger partial charge in [-0.3, -0.25) is 0 Å². The highest BCUT2D eigenvalue weighted by molar-refractivity contribution is 5.12. The molecule has 2 rings (SSSR count). The molecular formula is C7H11F2N. The second-order valence-corrected chi connectivity index (χ2v) is 3.44. The predicted molar refractivity (Wildman–Crippen MR) is 34.1 cm³/mol. The Balaban J connectivity index is 2.05. The van der Waals surface area contributed by atoms with Crippen molar-refractivity contribution in [1.29, 1.82) is 0 Å². The van der Waals surface area contributed by atoms with Crippen LogP contribution in [0.15, 0.2) is 0 Å². The minimum absolute atomic E-state index is 0.118.